The monoisotopic (exact) mass is 1000 g/mol. The molecule has 4 fully saturated rings. The van der Waals surface area contributed by atoms with Gasteiger partial charge in [0.1, 0.15) is 0 Å². The van der Waals surface area contributed by atoms with Crippen LogP contribution in [-0.2, 0) is 39.0 Å². The number of hydrogen-bond donors (Lipinski definition) is 0. The fraction of sp³-hybridized carbons (Fsp3) is 0.750. The molecule has 341 valence electrons. The molecule has 60 heavy (non-hydrogen) atoms. The zero-order valence-corrected chi connectivity index (χ0v) is 41.6. The second-order valence-electron chi connectivity index (χ2n) is 16.1. The van der Waals surface area contributed by atoms with Crippen LogP contribution in [0.1, 0.15) is 157 Å². The third-order valence-corrected chi connectivity index (χ3v) is 11.0. The average Bonchev–Trinajstić information content (AvgIpc) is 3.23. The molecule has 0 amide bonds. The van der Waals surface area contributed by atoms with Gasteiger partial charge in [0.15, 0.2) is 0 Å². The van der Waals surface area contributed by atoms with E-state index >= 15 is 0 Å². The second-order valence-corrected chi connectivity index (χ2v) is 16.1. The number of aryl methyl sites for hydroxylation is 1. The molecule has 12 heteroatoms. The molecule has 0 aromatic heterocycles. The van der Waals surface area contributed by atoms with E-state index in [0.29, 0.717) is 36.9 Å². The summed E-state index contributed by atoms with van der Waals surface area (Å²) in [6.07, 6.45) is 25.3. The quantitative estimate of drug-likeness (QED) is 0.176. The Morgan fingerprint density at radius 2 is 0.950 bits per heavy atom. The molecule has 1 saturated heterocycles. The van der Waals surface area contributed by atoms with Gasteiger partial charge in [-0.15, -0.1) is 49.0 Å². The number of nitrogens with zero attached hydrogens (tertiary/aromatic N) is 10. The van der Waals surface area contributed by atoms with E-state index in [1.165, 1.54) is 130 Å². The smallest absolute Gasteiger partial charge is 0.702 e. The first-order valence-electron chi connectivity index (χ1n) is 22.1. The molecule has 1 aromatic carbocycles. The SMILES string of the molecule is C1=CCC(C2CCCC[N-]2)[N-]C1.CC#N.CC#N.CC#N.CC#N.CC1CCC([N-]C[N-]C2CCC(C)CC2)CC1.Cc1ccc([N-]C[N-]C2CCC(C)CC2)cc1.[Rh+3].[Rh]. The van der Waals surface area contributed by atoms with Crippen molar-refractivity contribution < 1.29 is 39.0 Å². The summed E-state index contributed by atoms with van der Waals surface area (Å²) in [6.45, 7) is 18.3. The van der Waals surface area contributed by atoms with Crippen molar-refractivity contribution in [1.82, 2.24) is 0 Å². The zero-order valence-electron chi connectivity index (χ0n) is 38.4. The number of benzene rings is 1. The summed E-state index contributed by atoms with van der Waals surface area (Å²) in [5.74, 6) is 2.76. The third-order valence-electron chi connectivity index (χ3n) is 11.0. The minimum atomic E-state index is 0. The second kappa shape index (κ2) is 43.4. The first-order chi connectivity index (χ1) is 28.1. The Morgan fingerprint density at radius 1 is 0.550 bits per heavy atom. The van der Waals surface area contributed by atoms with Crippen LogP contribution in [0.25, 0.3) is 31.9 Å². The van der Waals surface area contributed by atoms with Gasteiger partial charge >= 0.3 is 19.5 Å². The van der Waals surface area contributed by atoms with Gasteiger partial charge in [0.05, 0.1) is 24.3 Å². The maximum atomic E-state index is 7.32. The minimum absolute atomic E-state index is 0. The summed E-state index contributed by atoms with van der Waals surface area (Å²) < 4.78 is 0. The van der Waals surface area contributed by atoms with Gasteiger partial charge in [-0.25, -0.2) is 6.67 Å². The Balaban J connectivity index is -0.000000712. The fourth-order valence-corrected chi connectivity index (χ4v) is 7.43. The van der Waals surface area contributed by atoms with Gasteiger partial charge in [-0.1, -0.05) is 159 Å². The number of rotatable bonds is 9. The standard InChI is InChI=1S/C15H28N2.C15H22N2.C10H16N2.4C2H3N.2Rh/c2*1-12-3-7-14(8-4-12)16-11-17-15-9-5-13(2)6-10-15;1-3-7-11-9(5-1)10-6-2-4-8-12-10;4*1-2-3;;/h12-15H,3-11H2,1-2H3;3-4,7-8,13,15H,5-6,9-11H2,1-2H3;1,3,9-10H,2,4-8H2;4*1H3;;/q3*-2;;;;;;+3. The van der Waals surface area contributed by atoms with E-state index in [1.54, 1.807) is 24.3 Å². The Kier molecular flexibility index (Phi) is 44.9. The van der Waals surface area contributed by atoms with Crippen LogP contribution >= 0.6 is 0 Å². The maximum absolute atomic E-state index is 7.32. The van der Waals surface area contributed by atoms with Crippen molar-refractivity contribution in [2.75, 3.05) is 26.4 Å². The third kappa shape index (κ3) is 34.4. The summed E-state index contributed by atoms with van der Waals surface area (Å²) in [4.78, 5) is 0. The Labute approximate surface area is 394 Å². The molecule has 5 aliphatic rings. The Hall–Kier alpha value is -2.23. The summed E-state index contributed by atoms with van der Waals surface area (Å²) in [5.41, 5.74) is 2.32. The van der Waals surface area contributed by atoms with Crippen molar-refractivity contribution in [2.24, 2.45) is 17.8 Å². The molecule has 3 aliphatic carbocycles. The van der Waals surface area contributed by atoms with Crippen molar-refractivity contribution >= 4 is 5.69 Å². The molecule has 1 radical (unpaired) electrons. The normalized spacial score (nSPS) is 25.9. The average molecular weight is 1000 g/mol. The summed E-state index contributed by atoms with van der Waals surface area (Å²) in [6, 6.07) is 18.2. The van der Waals surface area contributed by atoms with Crippen LogP contribution in [0.4, 0.5) is 5.69 Å². The van der Waals surface area contributed by atoms with Crippen LogP contribution in [0.3, 0.4) is 0 Å². The Bertz CT molecular complexity index is 1220. The molecule has 0 spiro atoms. The largest absolute Gasteiger partial charge is 3.00 e. The van der Waals surface area contributed by atoms with Gasteiger partial charge in [-0.2, -0.15) is 27.1 Å². The van der Waals surface area contributed by atoms with Crippen molar-refractivity contribution in [3.63, 3.8) is 0 Å². The van der Waals surface area contributed by atoms with Crippen LogP contribution in [0, 0.1) is 70.0 Å². The summed E-state index contributed by atoms with van der Waals surface area (Å²) >= 11 is 0. The first kappa shape index (κ1) is 62.1. The van der Waals surface area contributed by atoms with Gasteiger partial charge < -0.3 is 31.9 Å². The van der Waals surface area contributed by atoms with Gasteiger partial charge in [-0.3, -0.25) is 6.67 Å². The van der Waals surface area contributed by atoms with E-state index in [1.807, 2.05) is 0 Å². The first-order valence-corrected chi connectivity index (χ1v) is 22.1. The molecule has 0 N–H and O–H groups in total. The van der Waals surface area contributed by atoms with Crippen LogP contribution < -0.4 is 0 Å². The van der Waals surface area contributed by atoms with Crippen LogP contribution in [0.5, 0.6) is 0 Å². The molecule has 1 aromatic rings. The molecular weight excluding hydrogens is 922 g/mol. The molecule has 2 atom stereocenters. The van der Waals surface area contributed by atoms with Crippen LogP contribution in [-0.4, -0.2) is 56.6 Å². The molecule has 2 unspecified atom stereocenters. The van der Waals surface area contributed by atoms with E-state index in [9.17, 15) is 0 Å². The van der Waals surface area contributed by atoms with Gasteiger partial charge in [0.25, 0.3) is 0 Å². The number of piperidine rings is 1. The number of hydrogen-bond acceptors (Lipinski definition) is 4. The molecule has 2 aliphatic heterocycles. The van der Waals surface area contributed by atoms with E-state index < -0.39 is 0 Å². The maximum Gasteiger partial charge on any atom is 3.00 e. The number of nitriles is 4. The van der Waals surface area contributed by atoms with Gasteiger partial charge in [0.2, 0.25) is 0 Å². The van der Waals surface area contributed by atoms with Crippen LogP contribution in [0.2, 0.25) is 0 Å². The van der Waals surface area contributed by atoms with E-state index in [2.05, 4.69) is 85.4 Å². The van der Waals surface area contributed by atoms with E-state index in [4.69, 9.17) is 31.7 Å². The molecule has 6 rings (SSSR count). The summed E-state index contributed by atoms with van der Waals surface area (Å²) in [5, 5.41) is 57.2. The van der Waals surface area contributed by atoms with Crippen molar-refractivity contribution in [2.45, 2.75) is 188 Å². The van der Waals surface area contributed by atoms with Crippen molar-refractivity contribution in [1.29, 1.82) is 21.0 Å². The minimum Gasteiger partial charge on any atom is -0.702 e. The van der Waals surface area contributed by atoms with Gasteiger partial charge in [-0.05, 0) is 24.7 Å². The topological polar surface area (TPSA) is 180 Å². The molecule has 0 bridgehead atoms. The van der Waals surface area contributed by atoms with Gasteiger partial charge in [0, 0.05) is 47.2 Å². The fourth-order valence-electron chi connectivity index (χ4n) is 7.43. The van der Waals surface area contributed by atoms with E-state index in [0.717, 1.165) is 49.6 Å². The molecule has 3 saturated carbocycles. The summed E-state index contributed by atoms with van der Waals surface area (Å²) in [7, 11) is 0. The zero-order chi connectivity index (χ0) is 43.2. The van der Waals surface area contributed by atoms with Crippen molar-refractivity contribution in [3.05, 3.63) is 73.9 Å². The molecule has 2 heterocycles. The molecular formula is C48H78N10Rh2-3. The van der Waals surface area contributed by atoms with Crippen molar-refractivity contribution in [3.8, 4) is 24.3 Å². The molecule has 10 nitrogen and oxygen atoms in total. The predicted octanol–water partition coefficient (Wildman–Crippen LogP) is 14.5. The predicted molar refractivity (Wildman–Crippen MR) is 245 cm³/mol. The Morgan fingerprint density at radius 3 is 1.30 bits per heavy atom. The van der Waals surface area contributed by atoms with Crippen LogP contribution in [0.15, 0.2) is 36.4 Å². The van der Waals surface area contributed by atoms with E-state index in [-0.39, 0.29) is 39.0 Å².